The average Bonchev–Trinajstić information content (AvgIpc) is 3.23. The zero-order chi connectivity index (χ0) is 17.9. The van der Waals surface area contributed by atoms with Crippen LogP contribution in [-0.2, 0) is 9.53 Å². The van der Waals surface area contributed by atoms with Gasteiger partial charge in [-0.05, 0) is 43.4 Å². The molecule has 26 heavy (non-hydrogen) atoms. The number of primary amides is 1. The maximum atomic E-state index is 11.4. The zero-order valence-corrected chi connectivity index (χ0v) is 14.7. The summed E-state index contributed by atoms with van der Waals surface area (Å²) in [6.45, 7) is 2.25. The van der Waals surface area contributed by atoms with Crippen LogP contribution in [0.25, 0.3) is 11.1 Å². The van der Waals surface area contributed by atoms with E-state index in [9.17, 15) is 4.79 Å². The number of anilines is 1. The number of carbonyl (C=O) groups is 1. The summed E-state index contributed by atoms with van der Waals surface area (Å²) in [6, 6.07) is 3.93. The first-order valence-electron chi connectivity index (χ1n) is 9.15. The number of nitrogens with zero attached hydrogens (tertiary/aromatic N) is 4. The second-order valence-electron chi connectivity index (χ2n) is 6.87. The molecular weight excluding hydrogens is 330 g/mol. The van der Waals surface area contributed by atoms with E-state index in [1.165, 1.54) is 0 Å². The lowest BCUT2D eigenvalue weighted by Gasteiger charge is -2.31. The number of carbonyl (C=O) groups excluding carboxylic acids is 1. The highest BCUT2D eigenvalue weighted by Gasteiger charge is 2.27. The molecule has 4 rings (SSSR count). The van der Waals surface area contributed by atoms with Gasteiger partial charge < -0.3 is 15.4 Å². The standard InChI is InChI=1S/C19H23N5O2/c20-18(25)14-5-9-24(10-6-14)19-22-12-15(13-3-7-21-8-4-13)17(23-19)16-2-1-11-26-16/h3-4,7-8,12,14,16H,1-2,5-6,9-11H2,(H2,20,25)/t16-/m0/s1. The van der Waals surface area contributed by atoms with E-state index < -0.39 is 0 Å². The van der Waals surface area contributed by atoms with Crippen molar-refractivity contribution in [3.63, 3.8) is 0 Å². The van der Waals surface area contributed by atoms with Gasteiger partial charge in [0.25, 0.3) is 0 Å². The van der Waals surface area contributed by atoms with Crippen molar-refractivity contribution < 1.29 is 9.53 Å². The Kier molecular flexibility index (Phi) is 4.79. The fourth-order valence-electron chi connectivity index (χ4n) is 3.69. The van der Waals surface area contributed by atoms with Crippen molar-refractivity contribution in [2.75, 3.05) is 24.6 Å². The molecule has 0 saturated carbocycles. The van der Waals surface area contributed by atoms with Gasteiger partial charge in [0.2, 0.25) is 11.9 Å². The fraction of sp³-hybridized carbons (Fsp3) is 0.474. The average molecular weight is 353 g/mol. The topological polar surface area (TPSA) is 94.2 Å². The molecule has 1 amide bonds. The van der Waals surface area contributed by atoms with Gasteiger partial charge in [0, 0.05) is 49.8 Å². The van der Waals surface area contributed by atoms with Gasteiger partial charge in [-0.2, -0.15) is 0 Å². The largest absolute Gasteiger partial charge is 0.372 e. The van der Waals surface area contributed by atoms with Crippen LogP contribution in [0.15, 0.2) is 30.7 Å². The molecule has 2 N–H and O–H groups in total. The summed E-state index contributed by atoms with van der Waals surface area (Å²) < 4.78 is 5.91. The predicted octanol–water partition coefficient (Wildman–Crippen LogP) is 2.09. The third-order valence-corrected chi connectivity index (χ3v) is 5.21. The normalized spacial score (nSPS) is 21.1. The molecule has 7 nitrogen and oxygen atoms in total. The summed E-state index contributed by atoms with van der Waals surface area (Å²) in [4.78, 5) is 27.1. The van der Waals surface area contributed by atoms with Gasteiger partial charge in [-0.3, -0.25) is 9.78 Å². The highest BCUT2D eigenvalue weighted by molar-refractivity contribution is 5.77. The molecule has 0 bridgehead atoms. The molecule has 0 unspecified atom stereocenters. The zero-order valence-electron chi connectivity index (χ0n) is 14.7. The Morgan fingerprint density at radius 2 is 1.96 bits per heavy atom. The van der Waals surface area contributed by atoms with Crippen molar-refractivity contribution in [2.45, 2.75) is 31.8 Å². The number of piperidine rings is 1. The van der Waals surface area contributed by atoms with Crippen LogP contribution in [0.4, 0.5) is 5.95 Å². The highest BCUT2D eigenvalue weighted by Crippen LogP contribution is 2.35. The summed E-state index contributed by atoms with van der Waals surface area (Å²) in [5.74, 6) is 0.454. The Morgan fingerprint density at radius 1 is 1.19 bits per heavy atom. The molecule has 0 radical (unpaired) electrons. The first-order valence-corrected chi connectivity index (χ1v) is 9.15. The van der Waals surface area contributed by atoms with E-state index in [1.54, 1.807) is 12.4 Å². The van der Waals surface area contributed by atoms with Gasteiger partial charge in [-0.1, -0.05) is 0 Å². The third kappa shape index (κ3) is 3.39. The van der Waals surface area contributed by atoms with Crippen LogP contribution in [0.2, 0.25) is 0 Å². The van der Waals surface area contributed by atoms with Gasteiger partial charge in [0.1, 0.15) is 6.10 Å². The number of aromatic nitrogens is 3. The van der Waals surface area contributed by atoms with Crippen molar-refractivity contribution in [1.29, 1.82) is 0 Å². The third-order valence-electron chi connectivity index (χ3n) is 5.21. The van der Waals surface area contributed by atoms with E-state index in [1.807, 2.05) is 18.3 Å². The maximum absolute atomic E-state index is 11.4. The monoisotopic (exact) mass is 353 g/mol. The summed E-state index contributed by atoms with van der Waals surface area (Å²) in [7, 11) is 0. The molecule has 2 saturated heterocycles. The molecule has 0 aromatic carbocycles. The Bertz CT molecular complexity index is 769. The molecular formula is C19H23N5O2. The maximum Gasteiger partial charge on any atom is 0.225 e. The van der Waals surface area contributed by atoms with Crippen molar-refractivity contribution in [3.05, 3.63) is 36.4 Å². The van der Waals surface area contributed by atoms with E-state index in [4.69, 9.17) is 15.5 Å². The minimum absolute atomic E-state index is 0.00285. The summed E-state index contributed by atoms with van der Waals surface area (Å²) >= 11 is 0. The lowest BCUT2D eigenvalue weighted by Crippen LogP contribution is -2.39. The van der Waals surface area contributed by atoms with E-state index in [2.05, 4.69) is 14.9 Å². The van der Waals surface area contributed by atoms with Gasteiger partial charge in [0.05, 0.1) is 5.69 Å². The summed E-state index contributed by atoms with van der Waals surface area (Å²) in [6.07, 6.45) is 8.95. The Labute approximate surface area is 152 Å². The van der Waals surface area contributed by atoms with Crippen molar-refractivity contribution >= 4 is 11.9 Å². The number of ether oxygens (including phenoxy) is 1. The molecule has 0 spiro atoms. The molecule has 2 aromatic rings. The van der Waals surface area contributed by atoms with Crippen LogP contribution in [0.3, 0.4) is 0 Å². The smallest absolute Gasteiger partial charge is 0.225 e. The van der Waals surface area contributed by atoms with Gasteiger partial charge in [0.15, 0.2) is 0 Å². The number of rotatable bonds is 4. The molecule has 2 aliphatic rings. The number of hydrogen-bond acceptors (Lipinski definition) is 6. The van der Waals surface area contributed by atoms with E-state index in [0.717, 1.165) is 62.2 Å². The summed E-state index contributed by atoms with van der Waals surface area (Å²) in [5.41, 5.74) is 8.41. The van der Waals surface area contributed by atoms with Crippen LogP contribution in [0.5, 0.6) is 0 Å². The quantitative estimate of drug-likeness (QED) is 0.904. The molecule has 2 aromatic heterocycles. The Morgan fingerprint density at radius 3 is 2.62 bits per heavy atom. The van der Waals surface area contributed by atoms with E-state index in [0.29, 0.717) is 5.95 Å². The van der Waals surface area contributed by atoms with Crippen LogP contribution in [-0.4, -0.2) is 40.6 Å². The molecule has 2 aliphatic heterocycles. The molecule has 2 fully saturated rings. The number of pyridine rings is 1. The van der Waals surface area contributed by atoms with E-state index >= 15 is 0 Å². The van der Waals surface area contributed by atoms with E-state index in [-0.39, 0.29) is 17.9 Å². The number of nitrogens with two attached hydrogens (primary N) is 1. The van der Waals surface area contributed by atoms with Crippen LogP contribution in [0.1, 0.15) is 37.5 Å². The number of amides is 1. The number of hydrogen-bond donors (Lipinski definition) is 1. The van der Waals surface area contributed by atoms with Crippen LogP contribution >= 0.6 is 0 Å². The minimum atomic E-state index is -0.210. The Balaban J connectivity index is 1.63. The van der Waals surface area contributed by atoms with Crippen molar-refractivity contribution in [1.82, 2.24) is 15.0 Å². The molecule has 7 heteroatoms. The Hall–Kier alpha value is -2.54. The lowest BCUT2D eigenvalue weighted by atomic mass is 9.96. The first kappa shape index (κ1) is 16.9. The second kappa shape index (κ2) is 7.37. The van der Waals surface area contributed by atoms with Crippen molar-refractivity contribution in [2.24, 2.45) is 11.7 Å². The summed E-state index contributed by atoms with van der Waals surface area (Å²) in [5, 5.41) is 0. The molecule has 4 heterocycles. The minimum Gasteiger partial charge on any atom is -0.372 e. The second-order valence-corrected chi connectivity index (χ2v) is 6.87. The lowest BCUT2D eigenvalue weighted by molar-refractivity contribution is -0.122. The first-order chi connectivity index (χ1) is 12.7. The SMILES string of the molecule is NC(=O)C1CCN(c2ncc(-c3ccncc3)c([C@@H]3CCCO3)n2)CC1. The fourth-order valence-corrected chi connectivity index (χ4v) is 3.69. The van der Waals surface area contributed by atoms with Crippen LogP contribution < -0.4 is 10.6 Å². The van der Waals surface area contributed by atoms with Crippen molar-refractivity contribution in [3.8, 4) is 11.1 Å². The highest BCUT2D eigenvalue weighted by atomic mass is 16.5. The van der Waals surface area contributed by atoms with Gasteiger partial charge >= 0.3 is 0 Å². The van der Waals surface area contributed by atoms with Gasteiger partial charge in [-0.25, -0.2) is 9.97 Å². The molecule has 1 atom stereocenters. The van der Waals surface area contributed by atoms with Gasteiger partial charge in [-0.15, -0.1) is 0 Å². The predicted molar refractivity (Wildman–Crippen MR) is 97.3 cm³/mol. The van der Waals surface area contributed by atoms with Crippen LogP contribution in [0, 0.1) is 5.92 Å². The molecule has 0 aliphatic carbocycles. The molecule has 136 valence electrons.